The van der Waals surface area contributed by atoms with Crippen molar-refractivity contribution >= 4 is 0 Å². The zero-order valence-corrected chi connectivity index (χ0v) is 12.4. The summed E-state index contributed by atoms with van der Waals surface area (Å²) < 4.78 is 0. The van der Waals surface area contributed by atoms with Crippen molar-refractivity contribution in [3.05, 3.63) is 35.9 Å². The zero-order valence-electron chi connectivity index (χ0n) is 12.4. The molecule has 2 rings (SSSR count). The van der Waals surface area contributed by atoms with Crippen LogP contribution in [-0.2, 0) is 6.42 Å². The number of nitrogens with one attached hydrogen (secondary N) is 1. The highest BCUT2D eigenvalue weighted by Gasteiger charge is 2.22. The Morgan fingerprint density at radius 3 is 2.53 bits per heavy atom. The molecule has 1 aliphatic heterocycles. The molecule has 0 aliphatic carbocycles. The smallest absolute Gasteiger partial charge is 0.0107 e. The summed E-state index contributed by atoms with van der Waals surface area (Å²) in [7, 11) is 0. The fraction of sp³-hybridized carbons (Fsp3) is 0.647. The van der Waals surface area contributed by atoms with Gasteiger partial charge in [0.15, 0.2) is 0 Å². The highest BCUT2D eigenvalue weighted by molar-refractivity contribution is 5.15. The number of piperidine rings is 1. The largest absolute Gasteiger partial charge is 0.314 e. The molecule has 0 aromatic heterocycles. The Morgan fingerprint density at radius 1 is 1.21 bits per heavy atom. The Hall–Kier alpha value is -0.860. The van der Waals surface area contributed by atoms with Gasteiger partial charge in [0.2, 0.25) is 0 Å². The zero-order chi connectivity index (χ0) is 13.5. The normalized spacial score (nSPS) is 19.5. The van der Waals surface area contributed by atoms with E-state index in [1.165, 1.54) is 50.9 Å². The quantitative estimate of drug-likeness (QED) is 0.845. The van der Waals surface area contributed by atoms with Gasteiger partial charge in [0, 0.05) is 12.1 Å². The first-order valence-electron chi connectivity index (χ1n) is 7.81. The molecule has 0 radical (unpaired) electrons. The van der Waals surface area contributed by atoms with Gasteiger partial charge in [0.25, 0.3) is 0 Å². The summed E-state index contributed by atoms with van der Waals surface area (Å²) in [5.74, 6) is 0. The van der Waals surface area contributed by atoms with Gasteiger partial charge in [-0.05, 0) is 57.8 Å². The van der Waals surface area contributed by atoms with Crippen molar-refractivity contribution in [3.8, 4) is 0 Å². The molecule has 0 bridgehead atoms. The summed E-state index contributed by atoms with van der Waals surface area (Å²) in [5.41, 5.74) is 1.46. The monoisotopic (exact) mass is 260 g/mol. The van der Waals surface area contributed by atoms with Crippen molar-refractivity contribution in [2.45, 2.75) is 51.6 Å². The molecule has 1 fully saturated rings. The van der Waals surface area contributed by atoms with Crippen molar-refractivity contribution in [2.24, 2.45) is 0 Å². The van der Waals surface area contributed by atoms with Gasteiger partial charge in [-0.25, -0.2) is 0 Å². The van der Waals surface area contributed by atoms with Gasteiger partial charge in [-0.1, -0.05) is 37.3 Å². The number of benzene rings is 1. The van der Waals surface area contributed by atoms with Crippen LogP contribution in [-0.4, -0.2) is 36.6 Å². The fourth-order valence-electron chi connectivity index (χ4n) is 2.98. The molecule has 0 spiro atoms. The van der Waals surface area contributed by atoms with E-state index >= 15 is 0 Å². The first-order valence-corrected chi connectivity index (χ1v) is 7.81. The van der Waals surface area contributed by atoms with Gasteiger partial charge in [-0.15, -0.1) is 0 Å². The predicted octanol–water partition coefficient (Wildman–Crippen LogP) is 3.08. The van der Waals surface area contributed by atoms with Gasteiger partial charge < -0.3 is 10.2 Å². The summed E-state index contributed by atoms with van der Waals surface area (Å²) in [5, 5.41) is 3.65. The lowest BCUT2D eigenvalue weighted by atomic mass is 10.00. The van der Waals surface area contributed by atoms with Crippen molar-refractivity contribution in [1.29, 1.82) is 0 Å². The number of nitrogens with zero attached hydrogens (tertiary/aromatic N) is 1. The molecule has 1 saturated heterocycles. The van der Waals surface area contributed by atoms with E-state index in [0.717, 1.165) is 6.04 Å². The maximum Gasteiger partial charge on any atom is 0.0107 e. The van der Waals surface area contributed by atoms with E-state index in [4.69, 9.17) is 0 Å². The minimum absolute atomic E-state index is 0.662. The van der Waals surface area contributed by atoms with E-state index in [-0.39, 0.29) is 0 Å². The van der Waals surface area contributed by atoms with Crippen molar-refractivity contribution < 1.29 is 0 Å². The number of rotatable bonds is 6. The van der Waals surface area contributed by atoms with E-state index in [1.807, 2.05) is 0 Å². The lowest BCUT2D eigenvalue weighted by Crippen LogP contribution is -2.46. The first-order chi connectivity index (χ1) is 9.29. The molecule has 1 aromatic carbocycles. The van der Waals surface area contributed by atoms with E-state index in [0.29, 0.717) is 6.04 Å². The first kappa shape index (κ1) is 14.5. The summed E-state index contributed by atoms with van der Waals surface area (Å²) >= 11 is 0. The maximum absolute atomic E-state index is 3.65. The van der Waals surface area contributed by atoms with Gasteiger partial charge in [-0.2, -0.15) is 0 Å². The van der Waals surface area contributed by atoms with Crippen molar-refractivity contribution in [3.63, 3.8) is 0 Å². The number of hydrogen-bond acceptors (Lipinski definition) is 2. The minimum Gasteiger partial charge on any atom is -0.314 e. The van der Waals surface area contributed by atoms with Crippen LogP contribution in [0.1, 0.15) is 38.7 Å². The summed E-state index contributed by atoms with van der Waals surface area (Å²) in [6.07, 6.45) is 5.02. The second-order valence-corrected chi connectivity index (χ2v) is 5.80. The molecular weight excluding hydrogens is 232 g/mol. The van der Waals surface area contributed by atoms with Crippen LogP contribution in [0, 0.1) is 0 Å². The molecule has 0 amide bonds. The van der Waals surface area contributed by atoms with Crippen LogP contribution in [0.4, 0.5) is 0 Å². The summed E-state index contributed by atoms with van der Waals surface area (Å²) in [4.78, 5) is 2.65. The lowest BCUT2D eigenvalue weighted by molar-refractivity contribution is 0.151. The predicted molar refractivity (Wildman–Crippen MR) is 82.5 cm³/mol. The van der Waals surface area contributed by atoms with Crippen LogP contribution in [0.5, 0.6) is 0 Å². The third kappa shape index (κ3) is 4.63. The van der Waals surface area contributed by atoms with Crippen molar-refractivity contribution in [2.75, 3.05) is 19.6 Å². The fourth-order valence-corrected chi connectivity index (χ4v) is 2.98. The Balaban J connectivity index is 1.74. The molecule has 2 nitrogen and oxygen atoms in total. The Kier molecular flexibility index (Phi) is 5.87. The van der Waals surface area contributed by atoms with Crippen LogP contribution in [0.3, 0.4) is 0 Å². The Bertz CT molecular complexity index is 342. The highest BCUT2D eigenvalue weighted by Crippen LogP contribution is 2.16. The third-order valence-corrected chi connectivity index (χ3v) is 4.21. The van der Waals surface area contributed by atoms with Gasteiger partial charge in [0.05, 0.1) is 0 Å². The van der Waals surface area contributed by atoms with E-state index < -0.39 is 0 Å². The average Bonchev–Trinajstić information content (AvgIpc) is 2.46. The molecule has 1 unspecified atom stereocenters. The summed E-state index contributed by atoms with van der Waals surface area (Å²) in [6, 6.07) is 12.3. The maximum atomic E-state index is 3.65. The molecule has 106 valence electrons. The highest BCUT2D eigenvalue weighted by atomic mass is 15.2. The van der Waals surface area contributed by atoms with Gasteiger partial charge in [0.1, 0.15) is 0 Å². The van der Waals surface area contributed by atoms with E-state index in [1.54, 1.807) is 0 Å². The SMILES string of the molecule is CCCNC1CCN(C(C)Cc2ccccc2)CC1. The topological polar surface area (TPSA) is 15.3 Å². The van der Waals surface area contributed by atoms with E-state index in [2.05, 4.69) is 54.4 Å². The van der Waals surface area contributed by atoms with E-state index in [9.17, 15) is 0 Å². The molecule has 19 heavy (non-hydrogen) atoms. The van der Waals surface area contributed by atoms with Crippen LogP contribution >= 0.6 is 0 Å². The molecular formula is C17H28N2. The van der Waals surface area contributed by atoms with Crippen LogP contribution in [0.2, 0.25) is 0 Å². The number of likely N-dealkylation sites (tertiary alicyclic amines) is 1. The molecule has 0 saturated carbocycles. The van der Waals surface area contributed by atoms with Crippen LogP contribution < -0.4 is 5.32 Å². The van der Waals surface area contributed by atoms with Crippen LogP contribution in [0.25, 0.3) is 0 Å². The van der Waals surface area contributed by atoms with Gasteiger partial charge in [-0.3, -0.25) is 0 Å². The average molecular weight is 260 g/mol. The Labute approximate surface area is 118 Å². The molecule has 1 heterocycles. The van der Waals surface area contributed by atoms with Crippen molar-refractivity contribution in [1.82, 2.24) is 10.2 Å². The molecule has 2 heteroatoms. The molecule has 1 aliphatic rings. The summed E-state index contributed by atoms with van der Waals surface area (Å²) in [6.45, 7) is 8.27. The minimum atomic E-state index is 0.662. The standard InChI is InChI=1S/C17H28N2/c1-3-11-18-17-9-12-19(13-10-17)15(2)14-16-7-5-4-6-8-16/h4-8,15,17-18H,3,9-14H2,1-2H3. The third-order valence-electron chi connectivity index (χ3n) is 4.21. The van der Waals surface area contributed by atoms with Crippen LogP contribution in [0.15, 0.2) is 30.3 Å². The molecule has 1 atom stereocenters. The molecule has 1 N–H and O–H groups in total. The lowest BCUT2D eigenvalue weighted by Gasteiger charge is -2.36. The van der Waals surface area contributed by atoms with Gasteiger partial charge >= 0.3 is 0 Å². The second kappa shape index (κ2) is 7.66. The Morgan fingerprint density at radius 2 is 1.89 bits per heavy atom. The number of hydrogen-bond donors (Lipinski definition) is 1. The second-order valence-electron chi connectivity index (χ2n) is 5.80. The molecule has 1 aromatic rings.